The fraction of sp³-hybridized carbons (Fsp3) is 0.944. The number of methoxy groups -OCH3 is 1. The number of carbonyl (C=O) groups is 1. The molecule has 1 rings (SSSR count). The maximum absolute atomic E-state index is 11.5. The number of aliphatic hydroxyl groups is 1. The van der Waals surface area contributed by atoms with Crippen molar-refractivity contribution in [3.63, 3.8) is 0 Å². The van der Waals surface area contributed by atoms with Crippen LogP contribution in [0.4, 0.5) is 0 Å². The first kappa shape index (κ1) is 22.7. The summed E-state index contributed by atoms with van der Waals surface area (Å²) in [5.41, 5.74) is 0. The van der Waals surface area contributed by atoms with Gasteiger partial charge in [-0.15, -0.1) is 0 Å². The van der Waals surface area contributed by atoms with Crippen LogP contribution in [0.5, 0.6) is 0 Å². The Morgan fingerprint density at radius 3 is 2.48 bits per heavy atom. The largest absolute Gasteiger partial charge is 0.417 e. The van der Waals surface area contributed by atoms with Gasteiger partial charge in [0, 0.05) is 13.7 Å². The summed E-state index contributed by atoms with van der Waals surface area (Å²) in [6.45, 7) is 12.6. The van der Waals surface area contributed by atoms with Gasteiger partial charge in [0.15, 0.2) is 8.32 Å². The van der Waals surface area contributed by atoms with Crippen molar-refractivity contribution in [2.45, 2.75) is 64.0 Å². The predicted octanol–water partition coefficient (Wildman–Crippen LogP) is 2.60. The van der Waals surface area contributed by atoms with Crippen LogP contribution in [0.1, 0.15) is 33.6 Å². The van der Waals surface area contributed by atoms with E-state index in [0.717, 1.165) is 6.29 Å². The molecule has 1 saturated carbocycles. The van der Waals surface area contributed by atoms with Crippen molar-refractivity contribution in [2.24, 2.45) is 11.8 Å². The summed E-state index contributed by atoms with van der Waals surface area (Å²) >= 11 is 0. The third kappa shape index (κ3) is 7.07. The third-order valence-electron chi connectivity index (χ3n) is 5.52. The van der Waals surface area contributed by atoms with Crippen molar-refractivity contribution < 1.29 is 28.5 Å². The van der Waals surface area contributed by atoms with Gasteiger partial charge in [0.1, 0.15) is 19.2 Å². The van der Waals surface area contributed by atoms with Gasteiger partial charge in [-0.05, 0) is 42.8 Å². The summed E-state index contributed by atoms with van der Waals surface area (Å²) in [6, 6.07) is 0. The molecule has 4 atom stereocenters. The van der Waals surface area contributed by atoms with E-state index in [1.165, 1.54) is 0 Å². The molecule has 1 N–H and O–H groups in total. The average molecular weight is 377 g/mol. The molecule has 7 heteroatoms. The zero-order valence-electron chi connectivity index (χ0n) is 16.6. The summed E-state index contributed by atoms with van der Waals surface area (Å²) in [7, 11) is -0.256. The van der Waals surface area contributed by atoms with Crippen LogP contribution in [-0.4, -0.2) is 65.6 Å². The second-order valence-electron chi connectivity index (χ2n) is 8.41. The van der Waals surface area contributed by atoms with E-state index >= 15 is 0 Å². The number of rotatable bonds is 11. The molecular formula is C18H36O6Si. The average Bonchev–Trinajstić information content (AvgIpc) is 2.88. The van der Waals surface area contributed by atoms with Crippen LogP contribution in [0.3, 0.4) is 0 Å². The minimum absolute atomic E-state index is 0.0386. The highest BCUT2D eigenvalue weighted by Crippen LogP contribution is 2.40. The predicted molar refractivity (Wildman–Crippen MR) is 99.0 cm³/mol. The lowest BCUT2D eigenvalue weighted by Gasteiger charge is -2.37. The lowest BCUT2D eigenvalue weighted by atomic mass is 9.92. The topological polar surface area (TPSA) is 74.2 Å². The van der Waals surface area contributed by atoms with Crippen LogP contribution >= 0.6 is 0 Å². The molecule has 0 heterocycles. The maximum Gasteiger partial charge on any atom is 0.191 e. The van der Waals surface area contributed by atoms with E-state index in [1.807, 2.05) is 0 Å². The molecule has 0 spiro atoms. The Balaban J connectivity index is 2.58. The number of carbonyl (C=O) groups excluding carboxylic acids is 1. The minimum Gasteiger partial charge on any atom is -0.417 e. The summed E-state index contributed by atoms with van der Waals surface area (Å²) in [6.07, 6.45) is 1.05. The molecular weight excluding hydrogens is 340 g/mol. The molecule has 0 radical (unpaired) electrons. The Kier molecular flexibility index (Phi) is 9.21. The first-order chi connectivity index (χ1) is 11.6. The zero-order chi connectivity index (χ0) is 19.1. The summed E-state index contributed by atoms with van der Waals surface area (Å²) in [5, 5.41) is 10.2. The fourth-order valence-electron chi connectivity index (χ4n) is 2.84. The highest BCUT2D eigenvalue weighted by Gasteiger charge is 2.42. The SMILES string of the molecule is COCCOCOC(C=O)[C@H]1C[C@@H](O)C[C@@H]1CO[Si](C)(C)C(C)(C)C. The fourth-order valence-corrected chi connectivity index (χ4v) is 3.91. The van der Waals surface area contributed by atoms with Gasteiger partial charge in [0.2, 0.25) is 0 Å². The van der Waals surface area contributed by atoms with Gasteiger partial charge in [0.25, 0.3) is 0 Å². The first-order valence-electron chi connectivity index (χ1n) is 9.08. The molecule has 0 aromatic carbocycles. The molecule has 1 unspecified atom stereocenters. The molecule has 25 heavy (non-hydrogen) atoms. The van der Waals surface area contributed by atoms with E-state index in [0.29, 0.717) is 32.7 Å². The Morgan fingerprint density at radius 1 is 1.24 bits per heavy atom. The highest BCUT2D eigenvalue weighted by atomic mass is 28.4. The molecule has 0 bridgehead atoms. The lowest BCUT2D eigenvalue weighted by molar-refractivity contribution is -0.141. The van der Waals surface area contributed by atoms with Gasteiger partial charge in [-0.2, -0.15) is 0 Å². The lowest BCUT2D eigenvalue weighted by Crippen LogP contribution is -2.43. The van der Waals surface area contributed by atoms with Crippen LogP contribution in [-0.2, 0) is 23.4 Å². The van der Waals surface area contributed by atoms with E-state index in [-0.39, 0.29) is 23.7 Å². The zero-order valence-corrected chi connectivity index (χ0v) is 17.6. The van der Waals surface area contributed by atoms with Crippen molar-refractivity contribution in [2.75, 3.05) is 33.7 Å². The van der Waals surface area contributed by atoms with E-state index in [9.17, 15) is 9.90 Å². The van der Waals surface area contributed by atoms with Crippen LogP contribution in [0.2, 0.25) is 18.1 Å². The molecule has 1 aliphatic carbocycles. The van der Waals surface area contributed by atoms with Gasteiger partial charge < -0.3 is 28.5 Å². The smallest absolute Gasteiger partial charge is 0.191 e. The molecule has 1 aliphatic rings. The van der Waals surface area contributed by atoms with E-state index < -0.39 is 20.5 Å². The molecule has 0 aliphatic heterocycles. The monoisotopic (exact) mass is 376 g/mol. The second kappa shape index (κ2) is 10.1. The van der Waals surface area contributed by atoms with Crippen molar-refractivity contribution in [3.8, 4) is 0 Å². The Hall–Kier alpha value is -0.313. The first-order valence-corrected chi connectivity index (χ1v) is 12.0. The molecule has 0 aromatic rings. The second-order valence-corrected chi connectivity index (χ2v) is 13.2. The van der Waals surface area contributed by atoms with Crippen LogP contribution in [0.15, 0.2) is 0 Å². The van der Waals surface area contributed by atoms with Gasteiger partial charge in [-0.1, -0.05) is 20.8 Å². The highest BCUT2D eigenvalue weighted by molar-refractivity contribution is 6.74. The molecule has 0 amide bonds. The standard InChI is InChI=1S/C18H36O6Si/c1-18(2,3)25(5,6)24-12-14-9-15(20)10-16(14)17(11-19)23-13-22-8-7-21-4/h11,14-17,20H,7-10,12-13H2,1-6H3/t14-,15+,16+,17?/m1/s1. The third-order valence-corrected chi connectivity index (χ3v) is 10.0. The van der Waals surface area contributed by atoms with E-state index in [4.69, 9.17) is 18.6 Å². The quantitative estimate of drug-likeness (QED) is 0.259. The van der Waals surface area contributed by atoms with Crippen molar-refractivity contribution in [3.05, 3.63) is 0 Å². The molecule has 6 nitrogen and oxygen atoms in total. The Bertz CT molecular complexity index is 396. The van der Waals surface area contributed by atoms with Gasteiger partial charge in [-0.3, -0.25) is 0 Å². The van der Waals surface area contributed by atoms with Gasteiger partial charge in [0.05, 0.1) is 19.3 Å². The number of aliphatic hydroxyl groups excluding tert-OH is 1. The van der Waals surface area contributed by atoms with Crippen molar-refractivity contribution in [1.82, 2.24) is 0 Å². The summed E-state index contributed by atoms with van der Waals surface area (Å²) in [4.78, 5) is 11.5. The molecule has 1 fully saturated rings. The van der Waals surface area contributed by atoms with Crippen LogP contribution in [0, 0.1) is 11.8 Å². The Labute approximate surface area is 153 Å². The number of hydrogen-bond donors (Lipinski definition) is 1. The number of ether oxygens (including phenoxy) is 3. The maximum atomic E-state index is 11.5. The number of hydrogen-bond acceptors (Lipinski definition) is 6. The van der Waals surface area contributed by atoms with Gasteiger partial charge in [-0.25, -0.2) is 0 Å². The van der Waals surface area contributed by atoms with Crippen LogP contribution < -0.4 is 0 Å². The molecule has 0 saturated heterocycles. The number of aldehydes is 1. The van der Waals surface area contributed by atoms with Crippen LogP contribution in [0.25, 0.3) is 0 Å². The summed E-state index contributed by atoms with van der Waals surface area (Å²) < 4.78 is 22.1. The van der Waals surface area contributed by atoms with E-state index in [2.05, 4.69) is 33.9 Å². The molecule has 148 valence electrons. The van der Waals surface area contributed by atoms with E-state index in [1.54, 1.807) is 7.11 Å². The van der Waals surface area contributed by atoms with Gasteiger partial charge >= 0.3 is 0 Å². The molecule has 0 aromatic heterocycles. The normalized spacial score (nSPS) is 26.0. The summed E-state index contributed by atoms with van der Waals surface area (Å²) in [5.74, 6) is 0.0848. The Morgan fingerprint density at radius 2 is 1.92 bits per heavy atom. The van der Waals surface area contributed by atoms with Crippen molar-refractivity contribution >= 4 is 14.6 Å². The minimum atomic E-state index is -1.86. The van der Waals surface area contributed by atoms with Crippen molar-refractivity contribution in [1.29, 1.82) is 0 Å².